The van der Waals surface area contributed by atoms with E-state index in [9.17, 15) is 14.4 Å². The van der Waals surface area contributed by atoms with Gasteiger partial charge in [-0.1, -0.05) is 20.8 Å². The van der Waals surface area contributed by atoms with E-state index >= 15 is 0 Å². The molecule has 0 aromatic heterocycles. The molecule has 0 spiro atoms. The van der Waals surface area contributed by atoms with Crippen LogP contribution in [0.2, 0.25) is 0 Å². The lowest BCUT2D eigenvalue weighted by atomic mass is 9.43. The molecule has 0 amide bonds. The summed E-state index contributed by atoms with van der Waals surface area (Å²) in [7, 11) is 5.51. The molecule has 4 saturated carbocycles. The van der Waals surface area contributed by atoms with Crippen LogP contribution < -0.4 is 0 Å². The Kier molecular flexibility index (Phi) is 9.95. The molecule has 0 saturated heterocycles. The van der Waals surface area contributed by atoms with Crippen LogP contribution in [0.25, 0.3) is 0 Å². The highest BCUT2D eigenvalue weighted by Gasteiger charge is 2.64. The molecule has 0 bridgehead atoms. The summed E-state index contributed by atoms with van der Waals surface area (Å²) in [5.41, 5.74) is 0.392. The minimum atomic E-state index is -0.180. The molecule has 0 aromatic rings. The zero-order valence-electron chi connectivity index (χ0n) is 26.2. The molecule has 0 unspecified atom stereocenters. The molecule has 10 atom stereocenters. The SMILES string of the molecule is COC(=O)CC[C@@H](C)[C@H]1CC[C@H]2[C@@H]3[C@@H](OC(C)=O)C[C@@H]4C[C@H](OC(=O)CCCN(C)C)CC[C@]4(C)[C@H]3CC[C@]12C. The number of esters is 3. The van der Waals surface area contributed by atoms with E-state index < -0.39 is 0 Å². The molecule has 228 valence electrons. The van der Waals surface area contributed by atoms with Crippen LogP contribution in [0.4, 0.5) is 0 Å². The normalized spacial score (nSPS) is 39.5. The van der Waals surface area contributed by atoms with Gasteiger partial charge in [-0.3, -0.25) is 14.4 Å². The van der Waals surface area contributed by atoms with Crippen molar-refractivity contribution in [3.63, 3.8) is 0 Å². The average Bonchev–Trinajstić information content (AvgIpc) is 3.24. The Morgan fingerprint density at radius 2 is 1.60 bits per heavy atom. The maximum absolute atomic E-state index is 12.6. The molecular formula is C33H55NO6. The number of methoxy groups -OCH3 is 1. The van der Waals surface area contributed by atoms with Gasteiger partial charge in [0.15, 0.2) is 0 Å². The van der Waals surface area contributed by atoms with Gasteiger partial charge in [0.05, 0.1) is 7.11 Å². The molecule has 0 N–H and O–H groups in total. The van der Waals surface area contributed by atoms with Gasteiger partial charge < -0.3 is 19.1 Å². The van der Waals surface area contributed by atoms with Crippen LogP contribution in [0.15, 0.2) is 0 Å². The number of carbonyl (C=O) groups excluding carboxylic acids is 3. The third kappa shape index (κ3) is 6.39. The molecule has 7 heteroatoms. The van der Waals surface area contributed by atoms with E-state index in [1.165, 1.54) is 26.4 Å². The first-order chi connectivity index (χ1) is 18.9. The van der Waals surface area contributed by atoms with Gasteiger partial charge in [-0.15, -0.1) is 0 Å². The Labute approximate surface area is 242 Å². The standard InChI is InChI=1S/C33H55NO6/c1-21(10-13-29(36)38-7)25-11-12-26-31-27(15-17-33(25,26)4)32(3)16-14-24(40-30(37)9-8-18-34(5)6)19-23(32)20-28(31)39-22(2)35/h21,23-28,31H,8-20H2,1-7H3/t21-,23+,24-,25-,26+,27+,28+,31+,32+,33-/m1/s1. The van der Waals surface area contributed by atoms with Gasteiger partial charge in [-0.05, 0) is 125 Å². The van der Waals surface area contributed by atoms with Gasteiger partial charge in [0.25, 0.3) is 0 Å². The third-order valence-corrected chi connectivity index (χ3v) is 12.0. The predicted octanol–water partition coefficient (Wildman–Crippen LogP) is 6.03. The van der Waals surface area contributed by atoms with Crippen molar-refractivity contribution < 1.29 is 28.6 Å². The van der Waals surface area contributed by atoms with Crippen LogP contribution in [-0.2, 0) is 28.6 Å². The van der Waals surface area contributed by atoms with Crippen molar-refractivity contribution in [3.05, 3.63) is 0 Å². The smallest absolute Gasteiger partial charge is 0.306 e. The molecule has 4 fully saturated rings. The fraction of sp³-hybridized carbons (Fsp3) is 0.909. The second-order valence-electron chi connectivity index (χ2n) is 14.5. The van der Waals surface area contributed by atoms with E-state index in [4.69, 9.17) is 14.2 Å². The quantitative estimate of drug-likeness (QED) is 0.238. The minimum Gasteiger partial charge on any atom is -0.469 e. The molecule has 4 aliphatic carbocycles. The number of rotatable bonds is 10. The topological polar surface area (TPSA) is 82.1 Å². The number of hydrogen-bond acceptors (Lipinski definition) is 7. The Morgan fingerprint density at radius 3 is 2.27 bits per heavy atom. The maximum Gasteiger partial charge on any atom is 0.306 e. The van der Waals surface area contributed by atoms with Crippen LogP contribution in [0.1, 0.15) is 105 Å². The molecule has 4 aliphatic rings. The van der Waals surface area contributed by atoms with Crippen LogP contribution in [0.3, 0.4) is 0 Å². The van der Waals surface area contributed by atoms with Crippen molar-refractivity contribution in [2.24, 2.45) is 46.3 Å². The van der Waals surface area contributed by atoms with Crippen molar-refractivity contribution >= 4 is 17.9 Å². The fourth-order valence-corrected chi connectivity index (χ4v) is 10.0. The second kappa shape index (κ2) is 12.7. The first kappa shape index (κ1) is 31.3. The molecule has 4 rings (SSSR count). The van der Waals surface area contributed by atoms with Crippen LogP contribution >= 0.6 is 0 Å². The van der Waals surface area contributed by atoms with Crippen molar-refractivity contribution in [1.82, 2.24) is 4.90 Å². The summed E-state index contributed by atoms with van der Waals surface area (Å²) in [5.74, 6) is 2.50. The van der Waals surface area contributed by atoms with Gasteiger partial charge in [0.1, 0.15) is 12.2 Å². The summed E-state index contributed by atoms with van der Waals surface area (Å²) in [5, 5.41) is 0. The summed E-state index contributed by atoms with van der Waals surface area (Å²) in [6.45, 7) is 9.74. The van der Waals surface area contributed by atoms with Gasteiger partial charge in [0, 0.05) is 25.7 Å². The Hall–Kier alpha value is -1.63. The molecule has 0 aliphatic heterocycles. The Bertz CT molecular complexity index is 921. The maximum atomic E-state index is 12.6. The lowest BCUT2D eigenvalue weighted by molar-refractivity contribution is -0.197. The molecule has 0 aromatic carbocycles. The minimum absolute atomic E-state index is 0.0279. The third-order valence-electron chi connectivity index (χ3n) is 12.0. The van der Waals surface area contributed by atoms with E-state index in [1.807, 2.05) is 14.1 Å². The zero-order valence-corrected chi connectivity index (χ0v) is 26.2. The van der Waals surface area contributed by atoms with E-state index in [0.29, 0.717) is 48.3 Å². The number of ether oxygens (including phenoxy) is 3. The van der Waals surface area contributed by atoms with Crippen molar-refractivity contribution in [2.75, 3.05) is 27.7 Å². The van der Waals surface area contributed by atoms with E-state index in [2.05, 4.69) is 25.7 Å². The van der Waals surface area contributed by atoms with E-state index in [0.717, 1.165) is 51.5 Å². The Balaban J connectivity index is 1.48. The van der Waals surface area contributed by atoms with Crippen molar-refractivity contribution in [2.45, 2.75) is 117 Å². The predicted molar refractivity (Wildman–Crippen MR) is 154 cm³/mol. The highest BCUT2D eigenvalue weighted by atomic mass is 16.5. The molecule has 0 radical (unpaired) electrons. The van der Waals surface area contributed by atoms with E-state index in [-0.39, 0.29) is 40.9 Å². The molecule has 40 heavy (non-hydrogen) atoms. The van der Waals surface area contributed by atoms with Gasteiger partial charge in [-0.25, -0.2) is 0 Å². The number of hydrogen-bond donors (Lipinski definition) is 0. The van der Waals surface area contributed by atoms with Gasteiger partial charge in [-0.2, -0.15) is 0 Å². The molecule has 0 heterocycles. The zero-order chi connectivity index (χ0) is 29.2. The van der Waals surface area contributed by atoms with Gasteiger partial charge in [0.2, 0.25) is 0 Å². The number of fused-ring (bicyclic) bond motifs is 5. The summed E-state index contributed by atoms with van der Waals surface area (Å²) >= 11 is 0. The number of carbonyl (C=O) groups is 3. The first-order valence-electron chi connectivity index (χ1n) is 16.0. The number of nitrogens with zero attached hydrogens (tertiary/aromatic N) is 1. The van der Waals surface area contributed by atoms with Gasteiger partial charge >= 0.3 is 17.9 Å². The van der Waals surface area contributed by atoms with Crippen molar-refractivity contribution in [1.29, 1.82) is 0 Å². The van der Waals surface area contributed by atoms with E-state index in [1.54, 1.807) is 6.92 Å². The Morgan fingerprint density at radius 1 is 0.900 bits per heavy atom. The highest BCUT2D eigenvalue weighted by Crippen LogP contribution is 2.68. The second-order valence-corrected chi connectivity index (χ2v) is 14.5. The lowest BCUT2D eigenvalue weighted by Crippen LogP contribution is -2.59. The summed E-state index contributed by atoms with van der Waals surface area (Å²) in [6, 6.07) is 0. The summed E-state index contributed by atoms with van der Waals surface area (Å²) in [6.07, 6.45) is 11.0. The molecule has 7 nitrogen and oxygen atoms in total. The van der Waals surface area contributed by atoms with Crippen LogP contribution in [0.5, 0.6) is 0 Å². The average molecular weight is 562 g/mol. The molecular weight excluding hydrogens is 506 g/mol. The summed E-state index contributed by atoms with van der Waals surface area (Å²) in [4.78, 5) is 38.9. The summed E-state index contributed by atoms with van der Waals surface area (Å²) < 4.78 is 17.1. The largest absolute Gasteiger partial charge is 0.469 e. The lowest BCUT2D eigenvalue weighted by Gasteiger charge is -2.62. The van der Waals surface area contributed by atoms with Crippen LogP contribution in [-0.4, -0.2) is 62.8 Å². The van der Waals surface area contributed by atoms with Crippen LogP contribution in [0, 0.1) is 46.3 Å². The monoisotopic (exact) mass is 561 g/mol. The van der Waals surface area contributed by atoms with Crippen molar-refractivity contribution in [3.8, 4) is 0 Å². The highest BCUT2D eigenvalue weighted by molar-refractivity contribution is 5.69. The first-order valence-corrected chi connectivity index (χ1v) is 16.0. The fourth-order valence-electron chi connectivity index (χ4n) is 10.0.